The zero-order chi connectivity index (χ0) is 12.0. The number of benzene rings is 1. The molecule has 0 bridgehead atoms. The van der Waals surface area contributed by atoms with Crippen molar-refractivity contribution in [3.05, 3.63) is 29.6 Å². The highest BCUT2D eigenvalue weighted by molar-refractivity contribution is 5.76. The fourth-order valence-corrected chi connectivity index (χ4v) is 1.93. The van der Waals surface area contributed by atoms with Crippen molar-refractivity contribution in [2.45, 2.75) is 25.4 Å². The maximum absolute atomic E-state index is 12.5. The second kappa shape index (κ2) is 3.48. The minimum absolute atomic E-state index is 0.468. The average Bonchev–Trinajstić information content (AvgIpc) is 2.95. The molecule has 1 aliphatic carbocycles. The van der Waals surface area contributed by atoms with E-state index < -0.39 is 11.7 Å². The summed E-state index contributed by atoms with van der Waals surface area (Å²) >= 11 is 0. The van der Waals surface area contributed by atoms with Crippen LogP contribution >= 0.6 is 0 Å². The van der Waals surface area contributed by atoms with Gasteiger partial charge in [0.25, 0.3) is 0 Å². The van der Waals surface area contributed by atoms with Crippen LogP contribution in [0.3, 0.4) is 0 Å². The van der Waals surface area contributed by atoms with Gasteiger partial charge in [0.05, 0.1) is 16.6 Å². The van der Waals surface area contributed by atoms with Gasteiger partial charge in [-0.05, 0) is 37.0 Å². The summed E-state index contributed by atoms with van der Waals surface area (Å²) in [4.78, 5) is 7.26. The Morgan fingerprint density at radius 3 is 2.71 bits per heavy atom. The van der Waals surface area contributed by atoms with Gasteiger partial charge in [-0.1, -0.05) is 0 Å². The summed E-state index contributed by atoms with van der Waals surface area (Å²) < 4.78 is 37.5. The number of aromatic amines is 1. The smallest absolute Gasteiger partial charge is 0.342 e. The monoisotopic (exact) mass is 240 g/mol. The molecule has 0 spiro atoms. The summed E-state index contributed by atoms with van der Waals surface area (Å²) in [7, 11) is 0. The molecule has 0 radical (unpaired) electrons. The van der Waals surface area contributed by atoms with Gasteiger partial charge in [0.15, 0.2) is 0 Å². The van der Waals surface area contributed by atoms with Crippen molar-refractivity contribution in [2.75, 3.05) is 0 Å². The lowest BCUT2D eigenvalue weighted by Gasteiger charge is -2.05. The summed E-state index contributed by atoms with van der Waals surface area (Å²) in [5.41, 5.74) is 0.441. The van der Waals surface area contributed by atoms with Crippen molar-refractivity contribution in [3.63, 3.8) is 0 Å². The zero-order valence-corrected chi connectivity index (χ0v) is 9.01. The van der Waals surface area contributed by atoms with Gasteiger partial charge in [-0.15, -0.1) is 0 Å². The Hall–Kier alpha value is -1.52. The van der Waals surface area contributed by atoms with Gasteiger partial charge < -0.3 is 4.98 Å². The van der Waals surface area contributed by atoms with Crippen LogP contribution in [0.1, 0.15) is 24.2 Å². The number of imidazole rings is 1. The molecule has 0 amide bonds. The summed E-state index contributed by atoms with van der Waals surface area (Å²) in [5.74, 6) is 1.46. The molecule has 1 aromatic carbocycles. The first kappa shape index (κ1) is 10.6. The van der Waals surface area contributed by atoms with Gasteiger partial charge >= 0.3 is 6.18 Å². The predicted molar refractivity (Wildman–Crippen MR) is 57.5 cm³/mol. The number of rotatable bonds is 2. The van der Waals surface area contributed by atoms with E-state index in [2.05, 4.69) is 9.97 Å². The topological polar surface area (TPSA) is 28.7 Å². The molecule has 2 aromatic rings. The number of hydrogen-bond donors (Lipinski definition) is 1. The maximum atomic E-state index is 12.5. The van der Waals surface area contributed by atoms with Crippen molar-refractivity contribution < 1.29 is 13.2 Å². The molecule has 17 heavy (non-hydrogen) atoms. The van der Waals surface area contributed by atoms with Crippen LogP contribution in [0.4, 0.5) is 13.2 Å². The van der Waals surface area contributed by atoms with Gasteiger partial charge in [-0.25, -0.2) is 4.98 Å². The Morgan fingerprint density at radius 1 is 1.29 bits per heavy atom. The van der Waals surface area contributed by atoms with Gasteiger partial charge in [-0.2, -0.15) is 13.2 Å². The van der Waals surface area contributed by atoms with Crippen molar-refractivity contribution in [1.82, 2.24) is 9.97 Å². The Balaban J connectivity index is 1.97. The molecule has 0 atom stereocenters. The number of H-pyrrole nitrogens is 1. The molecule has 0 saturated heterocycles. The Kier molecular flexibility index (Phi) is 2.18. The summed E-state index contributed by atoms with van der Waals surface area (Å²) in [6.45, 7) is 0. The van der Waals surface area contributed by atoms with Crippen LogP contribution in [0.15, 0.2) is 18.2 Å². The number of fused-ring (bicyclic) bond motifs is 1. The van der Waals surface area contributed by atoms with E-state index in [-0.39, 0.29) is 0 Å². The molecule has 0 unspecified atom stereocenters. The van der Waals surface area contributed by atoms with Crippen LogP contribution < -0.4 is 0 Å². The average molecular weight is 240 g/mol. The van der Waals surface area contributed by atoms with E-state index in [9.17, 15) is 13.2 Å². The van der Waals surface area contributed by atoms with E-state index in [4.69, 9.17) is 0 Å². The van der Waals surface area contributed by atoms with Crippen molar-refractivity contribution in [1.29, 1.82) is 0 Å². The lowest BCUT2D eigenvalue weighted by atomic mass is 10.2. The van der Waals surface area contributed by atoms with Crippen LogP contribution in [0, 0.1) is 5.92 Å². The molecule has 2 nitrogen and oxygen atoms in total. The number of alkyl halides is 3. The highest BCUT2D eigenvalue weighted by Gasteiger charge is 2.31. The number of nitrogens with zero attached hydrogens (tertiary/aromatic N) is 1. The molecule has 1 heterocycles. The number of aromatic nitrogens is 2. The molecule has 1 aromatic heterocycles. The molecule has 1 aliphatic rings. The molecule has 0 aliphatic heterocycles. The van der Waals surface area contributed by atoms with Crippen LogP contribution in [0.5, 0.6) is 0 Å². The molecule has 5 heteroatoms. The van der Waals surface area contributed by atoms with E-state index in [1.807, 2.05) is 0 Å². The first-order chi connectivity index (χ1) is 8.02. The van der Waals surface area contributed by atoms with Gasteiger partial charge in [-0.3, -0.25) is 0 Å². The lowest BCUT2D eigenvalue weighted by molar-refractivity contribution is -0.137. The molecule has 3 rings (SSSR count). The quantitative estimate of drug-likeness (QED) is 0.854. The Labute approximate surface area is 95.9 Å². The van der Waals surface area contributed by atoms with Crippen molar-refractivity contribution in [3.8, 4) is 0 Å². The second-order valence-electron chi connectivity index (χ2n) is 4.56. The van der Waals surface area contributed by atoms with Crippen LogP contribution in [-0.2, 0) is 12.6 Å². The van der Waals surface area contributed by atoms with Crippen molar-refractivity contribution in [2.24, 2.45) is 5.92 Å². The Bertz CT molecular complexity index is 552. The molecule has 1 fully saturated rings. The largest absolute Gasteiger partial charge is 0.416 e. The summed E-state index contributed by atoms with van der Waals surface area (Å²) in [6, 6.07) is 3.62. The molecule has 1 N–H and O–H groups in total. The van der Waals surface area contributed by atoms with Gasteiger partial charge in [0, 0.05) is 6.42 Å². The normalized spacial score (nSPS) is 16.6. The van der Waals surface area contributed by atoms with E-state index in [0.29, 0.717) is 17.0 Å². The molecule has 90 valence electrons. The first-order valence-electron chi connectivity index (χ1n) is 5.58. The third kappa shape index (κ3) is 2.14. The number of halogens is 3. The van der Waals surface area contributed by atoms with E-state index in [1.54, 1.807) is 0 Å². The van der Waals surface area contributed by atoms with E-state index in [1.165, 1.54) is 18.9 Å². The second-order valence-corrected chi connectivity index (χ2v) is 4.56. The number of hydrogen-bond acceptors (Lipinski definition) is 1. The third-order valence-corrected chi connectivity index (χ3v) is 3.04. The van der Waals surface area contributed by atoms with Gasteiger partial charge in [0.1, 0.15) is 5.82 Å². The predicted octanol–water partition coefficient (Wildman–Crippen LogP) is 3.53. The third-order valence-electron chi connectivity index (χ3n) is 3.04. The van der Waals surface area contributed by atoms with Crippen LogP contribution in [0.2, 0.25) is 0 Å². The molecular weight excluding hydrogens is 229 g/mol. The highest BCUT2D eigenvalue weighted by atomic mass is 19.4. The Morgan fingerprint density at radius 2 is 2.06 bits per heavy atom. The minimum Gasteiger partial charge on any atom is -0.342 e. The summed E-state index contributed by atoms with van der Waals surface area (Å²) in [6.07, 6.45) is -1.05. The maximum Gasteiger partial charge on any atom is 0.416 e. The van der Waals surface area contributed by atoms with E-state index in [0.717, 1.165) is 24.4 Å². The van der Waals surface area contributed by atoms with E-state index >= 15 is 0 Å². The fourth-order valence-electron chi connectivity index (χ4n) is 1.93. The van der Waals surface area contributed by atoms with Crippen LogP contribution in [0.25, 0.3) is 11.0 Å². The minimum atomic E-state index is -4.30. The highest BCUT2D eigenvalue weighted by Crippen LogP contribution is 2.33. The standard InChI is InChI=1S/C12H11F3N2/c13-12(14,15)8-3-4-9-10(6-8)17-11(16-9)5-7-1-2-7/h3-4,6-7H,1-2,5H2,(H,16,17). The SMILES string of the molecule is FC(F)(F)c1ccc2nc(CC3CC3)[nH]c2c1. The van der Waals surface area contributed by atoms with Crippen molar-refractivity contribution >= 4 is 11.0 Å². The number of nitrogens with one attached hydrogen (secondary N) is 1. The summed E-state index contributed by atoms with van der Waals surface area (Å²) in [5, 5.41) is 0. The fraction of sp³-hybridized carbons (Fsp3) is 0.417. The van der Waals surface area contributed by atoms with Crippen LogP contribution in [-0.4, -0.2) is 9.97 Å². The zero-order valence-electron chi connectivity index (χ0n) is 9.01. The first-order valence-corrected chi connectivity index (χ1v) is 5.58. The molecular formula is C12H11F3N2. The van der Waals surface area contributed by atoms with Gasteiger partial charge in [0.2, 0.25) is 0 Å². The lowest BCUT2D eigenvalue weighted by Crippen LogP contribution is -2.04. The molecule has 1 saturated carbocycles.